The molecule has 0 saturated carbocycles. The summed E-state index contributed by atoms with van der Waals surface area (Å²) in [5, 5.41) is 0. The van der Waals surface area contributed by atoms with Crippen LogP contribution < -0.4 is 5.56 Å². The maximum absolute atomic E-state index is 12.4. The van der Waals surface area contributed by atoms with Gasteiger partial charge < -0.3 is 9.88 Å². The van der Waals surface area contributed by atoms with Crippen molar-refractivity contribution in [3.05, 3.63) is 69.6 Å². The number of nitrogens with one attached hydrogen (secondary N) is 1. The number of aromatic nitrogens is 1. The predicted molar refractivity (Wildman–Crippen MR) is 78.7 cm³/mol. The second-order valence-electron chi connectivity index (χ2n) is 4.69. The number of hydrogen-bond acceptors (Lipinski definition) is 2. The molecule has 4 nitrogen and oxygen atoms in total. The minimum atomic E-state index is -0.261. The van der Waals surface area contributed by atoms with Crippen LogP contribution in [0.3, 0.4) is 0 Å². The molecule has 1 aromatic carbocycles. The van der Waals surface area contributed by atoms with Crippen molar-refractivity contribution in [2.75, 3.05) is 6.54 Å². The van der Waals surface area contributed by atoms with E-state index in [0.717, 1.165) is 11.1 Å². The quantitative estimate of drug-likeness (QED) is 0.927. The summed E-state index contributed by atoms with van der Waals surface area (Å²) in [6, 6.07) is 11.0. The van der Waals surface area contributed by atoms with Crippen molar-refractivity contribution in [1.29, 1.82) is 0 Å². The lowest BCUT2D eigenvalue weighted by molar-refractivity contribution is 0.0752. The summed E-state index contributed by atoms with van der Waals surface area (Å²) in [5.74, 6) is -0.123. The average Bonchev–Trinajstić information content (AvgIpc) is 2.46. The molecule has 0 saturated heterocycles. The second kappa shape index (κ2) is 6.19. The largest absolute Gasteiger partial charge is 0.335 e. The van der Waals surface area contributed by atoms with E-state index in [0.29, 0.717) is 18.7 Å². The molecule has 1 N–H and O–H groups in total. The van der Waals surface area contributed by atoms with Crippen molar-refractivity contribution in [2.45, 2.75) is 20.4 Å². The molecule has 2 rings (SSSR count). The highest BCUT2D eigenvalue weighted by molar-refractivity contribution is 5.94. The van der Waals surface area contributed by atoms with E-state index in [2.05, 4.69) is 4.98 Å². The summed E-state index contributed by atoms with van der Waals surface area (Å²) in [6.45, 7) is 5.11. The first kappa shape index (κ1) is 14.1. The van der Waals surface area contributed by atoms with E-state index in [-0.39, 0.29) is 11.5 Å². The zero-order valence-corrected chi connectivity index (χ0v) is 11.7. The molecule has 0 unspecified atom stereocenters. The van der Waals surface area contributed by atoms with E-state index in [9.17, 15) is 9.59 Å². The molecule has 0 spiro atoms. The van der Waals surface area contributed by atoms with Gasteiger partial charge in [0.05, 0.1) is 0 Å². The third-order valence-corrected chi connectivity index (χ3v) is 3.31. The van der Waals surface area contributed by atoms with Crippen LogP contribution in [-0.2, 0) is 6.54 Å². The molecule has 0 radical (unpaired) electrons. The number of aromatic amines is 1. The van der Waals surface area contributed by atoms with Crippen LogP contribution in [0.1, 0.15) is 28.4 Å². The summed E-state index contributed by atoms with van der Waals surface area (Å²) in [7, 11) is 0. The minimum Gasteiger partial charge on any atom is -0.335 e. The highest BCUT2D eigenvalue weighted by Crippen LogP contribution is 2.12. The molecule has 2 aromatic rings. The molecule has 0 aliphatic carbocycles. The van der Waals surface area contributed by atoms with Crippen LogP contribution in [0.2, 0.25) is 0 Å². The maximum Gasteiger partial charge on any atom is 0.254 e. The van der Waals surface area contributed by atoms with E-state index >= 15 is 0 Å². The third kappa shape index (κ3) is 3.15. The molecule has 0 atom stereocenters. The van der Waals surface area contributed by atoms with Crippen molar-refractivity contribution in [1.82, 2.24) is 9.88 Å². The summed E-state index contributed by atoms with van der Waals surface area (Å²) < 4.78 is 0. The molecule has 1 aromatic heterocycles. The van der Waals surface area contributed by atoms with Crippen LogP contribution in [0, 0.1) is 6.92 Å². The van der Waals surface area contributed by atoms with Gasteiger partial charge in [-0.3, -0.25) is 9.59 Å². The fraction of sp³-hybridized carbons (Fsp3) is 0.250. The van der Waals surface area contributed by atoms with Gasteiger partial charge in [0, 0.05) is 30.9 Å². The van der Waals surface area contributed by atoms with E-state index in [4.69, 9.17) is 0 Å². The fourth-order valence-electron chi connectivity index (χ4n) is 2.08. The van der Waals surface area contributed by atoms with Crippen molar-refractivity contribution in [2.24, 2.45) is 0 Å². The molecule has 1 amide bonds. The van der Waals surface area contributed by atoms with Gasteiger partial charge >= 0.3 is 0 Å². The van der Waals surface area contributed by atoms with Crippen molar-refractivity contribution >= 4 is 5.91 Å². The van der Waals surface area contributed by atoms with Crippen LogP contribution in [0.25, 0.3) is 0 Å². The minimum absolute atomic E-state index is 0.123. The van der Waals surface area contributed by atoms with Crippen LogP contribution in [0.4, 0.5) is 0 Å². The summed E-state index contributed by atoms with van der Waals surface area (Å²) in [6.07, 6.45) is 1.50. The number of carbonyl (C=O) groups is 1. The predicted octanol–water partition coefficient (Wildman–Crippen LogP) is 2.35. The lowest BCUT2D eigenvalue weighted by atomic mass is 10.1. The summed E-state index contributed by atoms with van der Waals surface area (Å²) >= 11 is 0. The first-order valence-electron chi connectivity index (χ1n) is 6.64. The Labute approximate surface area is 118 Å². The zero-order chi connectivity index (χ0) is 14.5. The van der Waals surface area contributed by atoms with Crippen LogP contribution >= 0.6 is 0 Å². The lowest BCUT2D eigenvalue weighted by Gasteiger charge is -2.22. The monoisotopic (exact) mass is 270 g/mol. The fourth-order valence-corrected chi connectivity index (χ4v) is 2.08. The van der Waals surface area contributed by atoms with Crippen molar-refractivity contribution < 1.29 is 4.79 Å². The summed E-state index contributed by atoms with van der Waals surface area (Å²) in [5.41, 5.74) is 2.43. The Bertz CT molecular complexity index is 661. The Morgan fingerprint density at radius 2 is 2.00 bits per heavy atom. The number of carbonyl (C=O) groups excluding carboxylic acids is 1. The number of amides is 1. The van der Waals surface area contributed by atoms with Gasteiger partial charge in [-0.1, -0.05) is 24.3 Å². The van der Waals surface area contributed by atoms with Gasteiger partial charge in [-0.05, 0) is 31.0 Å². The number of pyridine rings is 1. The first-order valence-corrected chi connectivity index (χ1v) is 6.64. The Morgan fingerprint density at radius 1 is 1.25 bits per heavy atom. The average molecular weight is 270 g/mol. The Kier molecular flexibility index (Phi) is 4.35. The van der Waals surface area contributed by atoms with Crippen LogP contribution in [0.15, 0.2) is 47.4 Å². The van der Waals surface area contributed by atoms with Gasteiger partial charge in [-0.15, -0.1) is 0 Å². The van der Waals surface area contributed by atoms with Crippen molar-refractivity contribution in [3.63, 3.8) is 0 Å². The molecule has 0 fully saturated rings. The number of benzene rings is 1. The Morgan fingerprint density at radius 3 is 2.65 bits per heavy atom. The number of nitrogens with zero attached hydrogens (tertiary/aromatic N) is 1. The van der Waals surface area contributed by atoms with Gasteiger partial charge in [-0.25, -0.2) is 0 Å². The molecule has 104 valence electrons. The zero-order valence-electron chi connectivity index (χ0n) is 11.7. The topological polar surface area (TPSA) is 53.2 Å². The normalized spacial score (nSPS) is 10.3. The third-order valence-electron chi connectivity index (χ3n) is 3.31. The smallest absolute Gasteiger partial charge is 0.254 e. The molecule has 4 heteroatoms. The molecule has 20 heavy (non-hydrogen) atoms. The van der Waals surface area contributed by atoms with E-state index < -0.39 is 0 Å². The first-order chi connectivity index (χ1) is 9.61. The van der Waals surface area contributed by atoms with Gasteiger partial charge in [0.25, 0.3) is 5.91 Å². The molecule has 0 aliphatic heterocycles. The highest BCUT2D eigenvalue weighted by atomic mass is 16.2. The van der Waals surface area contributed by atoms with E-state index in [1.807, 2.05) is 38.1 Å². The Balaban J connectivity index is 2.22. The molecule has 1 heterocycles. The van der Waals surface area contributed by atoms with Gasteiger partial charge in [-0.2, -0.15) is 0 Å². The molecule has 0 bridgehead atoms. The van der Waals surface area contributed by atoms with Crippen LogP contribution in [-0.4, -0.2) is 22.3 Å². The number of H-pyrrole nitrogens is 1. The van der Waals surface area contributed by atoms with Gasteiger partial charge in [0.1, 0.15) is 0 Å². The Hall–Kier alpha value is -2.36. The second-order valence-corrected chi connectivity index (χ2v) is 4.69. The van der Waals surface area contributed by atoms with E-state index in [1.165, 1.54) is 12.3 Å². The number of hydrogen-bond donors (Lipinski definition) is 1. The number of aryl methyl sites for hydroxylation is 1. The van der Waals surface area contributed by atoms with E-state index in [1.54, 1.807) is 11.0 Å². The van der Waals surface area contributed by atoms with Gasteiger partial charge in [0.2, 0.25) is 5.56 Å². The maximum atomic E-state index is 12.4. The highest BCUT2D eigenvalue weighted by Gasteiger charge is 2.15. The molecular formula is C16H18N2O2. The van der Waals surface area contributed by atoms with Gasteiger partial charge in [0.15, 0.2) is 0 Å². The SMILES string of the molecule is CCN(Cc1ccccc1C)C(=O)c1cc[nH]c(=O)c1. The lowest BCUT2D eigenvalue weighted by Crippen LogP contribution is -2.31. The molecule has 0 aliphatic rings. The van der Waals surface area contributed by atoms with Crippen molar-refractivity contribution in [3.8, 4) is 0 Å². The molecular weight excluding hydrogens is 252 g/mol. The van der Waals surface area contributed by atoms with Crippen LogP contribution in [0.5, 0.6) is 0 Å². The summed E-state index contributed by atoms with van der Waals surface area (Å²) in [4.78, 5) is 28.0. The standard InChI is InChI=1S/C16H18N2O2/c1-3-18(11-14-7-5-4-6-12(14)2)16(20)13-8-9-17-15(19)10-13/h4-10H,3,11H2,1-2H3,(H,17,19). The number of rotatable bonds is 4.